The van der Waals surface area contributed by atoms with Crippen LogP contribution in [0.4, 0.5) is 5.69 Å². The molecule has 1 aromatic rings. The zero-order chi connectivity index (χ0) is 15.1. The molecule has 0 unspecified atom stereocenters. The van der Waals surface area contributed by atoms with E-state index in [1.165, 1.54) is 18.2 Å². The predicted octanol–water partition coefficient (Wildman–Crippen LogP) is 2.20. The van der Waals surface area contributed by atoms with E-state index in [0.717, 1.165) is 0 Å². The zero-order valence-electron chi connectivity index (χ0n) is 11.1. The van der Waals surface area contributed by atoms with Gasteiger partial charge in [-0.25, -0.2) is 0 Å². The Morgan fingerprint density at radius 1 is 1.25 bits per heavy atom. The summed E-state index contributed by atoms with van der Waals surface area (Å²) in [6.45, 7) is 6.78. The Kier molecular flexibility index (Phi) is 5.58. The van der Waals surface area contributed by atoms with Gasteiger partial charge in [-0.2, -0.15) is 0 Å². The van der Waals surface area contributed by atoms with Crippen molar-refractivity contribution in [2.45, 2.75) is 12.8 Å². The minimum absolute atomic E-state index is 0.103. The van der Waals surface area contributed by atoms with Crippen LogP contribution in [-0.4, -0.2) is 34.6 Å². The Labute approximate surface area is 116 Å². The lowest BCUT2D eigenvalue weighted by atomic mass is 10.1. The molecule has 2 rings (SSSR count). The van der Waals surface area contributed by atoms with Gasteiger partial charge < -0.3 is 4.90 Å². The third-order valence-electron chi connectivity index (χ3n) is 2.91. The Bertz CT molecular complexity index is 518. The van der Waals surface area contributed by atoms with Crippen LogP contribution in [0.25, 0.3) is 0 Å². The van der Waals surface area contributed by atoms with Crippen molar-refractivity contribution < 1.29 is 14.5 Å². The SMILES string of the molecule is C=C.O=C1CCN(C(=O)c2cccc([N+](=O)[O-])c2)CC1. The standard InChI is InChI=1S/C12H12N2O4.C2H4/c15-11-4-6-13(7-5-11)12(16)9-2-1-3-10(8-9)14(17)18;1-2/h1-3,8H,4-7H2;1-2H2. The number of likely N-dealkylation sites (tertiary alicyclic amines) is 1. The summed E-state index contributed by atoms with van der Waals surface area (Å²) in [5.41, 5.74) is 0.187. The quantitative estimate of drug-likeness (QED) is 0.471. The molecular formula is C14H16N2O4. The number of carbonyl (C=O) groups excluding carboxylic acids is 2. The molecule has 0 N–H and O–H groups in total. The first-order valence-corrected chi connectivity index (χ1v) is 6.13. The number of hydrogen-bond donors (Lipinski definition) is 0. The molecule has 0 aliphatic carbocycles. The lowest BCUT2D eigenvalue weighted by Gasteiger charge is -2.25. The topological polar surface area (TPSA) is 80.5 Å². The largest absolute Gasteiger partial charge is 0.338 e. The van der Waals surface area contributed by atoms with Crippen LogP contribution in [0, 0.1) is 10.1 Å². The molecule has 1 aliphatic rings. The van der Waals surface area contributed by atoms with E-state index in [9.17, 15) is 19.7 Å². The Morgan fingerprint density at radius 3 is 2.40 bits per heavy atom. The number of nitro benzene ring substituents is 1. The smallest absolute Gasteiger partial charge is 0.270 e. The average molecular weight is 276 g/mol. The van der Waals surface area contributed by atoms with Crippen LogP contribution in [0.15, 0.2) is 37.4 Å². The van der Waals surface area contributed by atoms with E-state index in [2.05, 4.69) is 13.2 Å². The van der Waals surface area contributed by atoms with Gasteiger partial charge in [0, 0.05) is 43.6 Å². The number of amides is 1. The van der Waals surface area contributed by atoms with Crippen LogP contribution in [-0.2, 0) is 4.79 Å². The summed E-state index contributed by atoms with van der Waals surface area (Å²) in [4.78, 5) is 34.8. The monoisotopic (exact) mass is 276 g/mol. The molecule has 1 heterocycles. The maximum Gasteiger partial charge on any atom is 0.270 e. The van der Waals surface area contributed by atoms with Gasteiger partial charge in [-0.05, 0) is 6.07 Å². The average Bonchev–Trinajstić information content (AvgIpc) is 2.49. The van der Waals surface area contributed by atoms with Crippen LogP contribution in [0.1, 0.15) is 23.2 Å². The number of piperidine rings is 1. The van der Waals surface area contributed by atoms with Crippen LogP contribution in [0.2, 0.25) is 0 Å². The van der Waals surface area contributed by atoms with Crippen LogP contribution in [0.3, 0.4) is 0 Å². The van der Waals surface area contributed by atoms with Gasteiger partial charge in [0.15, 0.2) is 0 Å². The van der Waals surface area contributed by atoms with Crippen molar-refractivity contribution >= 4 is 17.4 Å². The molecule has 0 atom stereocenters. The van der Waals surface area contributed by atoms with Crippen molar-refractivity contribution in [3.63, 3.8) is 0 Å². The van der Waals surface area contributed by atoms with Gasteiger partial charge in [-0.3, -0.25) is 19.7 Å². The fourth-order valence-corrected chi connectivity index (χ4v) is 1.89. The molecule has 1 aliphatic heterocycles. The first-order chi connectivity index (χ1) is 9.58. The number of nitrogens with zero attached hydrogens (tertiary/aromatic N) is 2. The van der Waals surface area contributed by atoms with Gasteiger partial charge in [0.1, 0.15) is 5.78 Å². The Balaban J connectivity index is 0.000000956. The molecule has 20 heavy (non-hydrogen) atoms. The van der Waals surface area contributed by atoms with Crippen LogP contribution in [0.5, 0.6) is 0 Å². The van der Waals surface area contributed by atoms with E-state index in [0.29, 0.717) is 31.5 Å². The van der Waals surface area contributed by atoms with Crippen molar-refractivity contribution in [1.29, 1.82) is 0 Å². The van der Waals surface area contributed by atoms with Crippen LogP contribution < -0.4 is 0 Å². The number of nitro groups is 1. The third kappa shape index (κ3) is 3.74. The summed E-state index contributed by atoms with van der Waals surface area (Å²) >= 11 is 0. The van der Waals surface area contributed by atoms with Crippen molar-refractivity contribution in [3.8, 4) is 0 Å². The molecule has 1 saturated heterocycles. The third-order valence-corrected chi connectivity index (χ3v) is 2.91. The minimum atomic E-state index is -0.531. The maximum absolute atomic E-state index is 12.1. The molecule has 0 spiro atoms. The maximum atomic E-state index is 12.1. The number of rotatable bonds is 2. The molecule has 0 aromatic heterocycles. The van der Waals surface area contributed by atoms with E-state index in [1.54, 1.807) is 11.0 Å². The van der Waals surface area contributed by atoms with Gasteiger partial charge in [-0.1, -0.05) is 6.07 Å². The minimum Gasteiger partial charge on any atom is -0.338 e. The highest BCUT2D eigenvalue weighted by Gasteiger charge is 2.22. The fraction of sp³-hybridized carbons (Fsp3) is 0.286. The van der Waals surface area contributed by atoms with Crippen LogP contribution >= 0.6 is 0 Å². The van der Waals surface area contributed by atoms with E-state index < -0.39 is 4.92 Å². The first-order valence-electron chi connectivity index (χ1n) is 6.13. The molecule has 6 nitrogen and oxygen atoms in total. The van der Waals surface area contributed by atoms with Crippen molar-refractivity contribution in [2.75, 3.05) is 13.1 Å². The molecule has 106 valence electrons. The van der Waals surface area contributed by atoms with Gasteiger partial charge in [0.05, 0.1) is 4.92 Å². The van der Waals surface area contributed by atoms with Crippen molar-refractivity contribution in [1.82, 2.24) is 4.90 Å². The molecule has 1 amide bonds. The second-order valence-electron chi connectivity index (χ2n) is 4.14. The number of carbonyl (C=O) groups is 2. The summed E-state index contributed by atoms with van der Waals surface area (Å²) in [5.74, 6) is -0.107. The summed E-state index contributed by atoms with van der Waals surface area (Å²) in [5, 5.41) is 10.6. The van der Waals surface area contributed by atoms with E-state index in [-0.39, 0.29) is 17.4 Å². The van der Waals surface area contributed by atoms with E-state index >= 15 is 0 Å². The first kappa shape index (κ1) is 15.6. The zero-order valence-corrected chi connectivity index (χ0v) is 11.1. The van der Waals surface area contributed by atoms with Gasteiger partial charge in [0.2, 0.25) is 0 Å². The number of hydrogen-bond acceptors (Lipinski definition) is 4. The van der Waals surface area contributed by atoms with Gasteiger partial charge in [0.25, 0.3) is 11.6 Å². The molecule has 6 heteroatoms. The Morgan fingerprint density at radius 2 is 1.85 bits per heavy atom. The highest BCUT2D eigenvalue weighted by Crippen LogP contribution is 2.16. The summed E-state index contributed by atoms with van der Waals surface area (Å²) in [6.07, 6.45) is 0.724. The molecule has 1 aromatic carbocycles. The molecule has 1 fully saturated rings. The van der Waals surface area contributed by atoms with Crippen molar-refractivity contribution in [2.24, 2.45) is 0 Å². The number of ketones is 1. The highest BCUT2D eigenvalue weighted by molar-refractivity contribution is 5.96. The summed E-state index contributed by atoms with van der Waals surface area (Å²) in [7, 11) is 0. The second kappa shape index (κ2) is 7.18. The van der Waals surface area contributed by atoms with E-state index in [1.807, 2.05) is 0 Å². The predicted molar refractivity (Wildman–Crippen MR) is 74.5 cm³/mol. The second-order valence-corrected chi connectivity index (χ2v) is 4.14. The molecule has 0 radical (unpaired) electrons. The lowest BCUT2D eigenvalue weighted by Crippen LogP contribution is -2.38. The van der Waals surface area contributed by atoms with Gasteiger partial charge >= 0.3 is 0 Å². The fourth-order valence-electron chi connectivity index (χ4n) is 1.89. The number of benzene rings is 1. The van der Waals surface area contributed by atoms with Gasteiger partial charge in [-0.15, -0.1) is 13.2 Å². The normalized spacial score (nSPS) is 14.2. The highest BCUT2D eigenvalue weighted by atomic mass is 16.6. The number of non-ortho nitro benzene ring substituents is 1. The summed E-state index contributed by atoms with van der Waals surface area (Å²) < 4.78 is 0. The summed E-state index contributed by atoms with van der Waals surface area (Å²) in [6, 6.07) is 5.64. The molecule has 0 bridgehead atoms. The number of Topliss-reactive ketones (excluding diaryl/α,β-unsaturated/α-hetero) is 1. The van der Waals surface area contributed by atoms with Crippen molar-refractivity contribution in [3.05, 3.63) is 53.1 Å². The molecule has 0 saturated carbocycles. The lowest BCUT2D eigenvalue weighted by molar-refractivity contribution is -0.384. The Hall–Kier alpha value is -2.50. The molecular weight excluding hydrogens is 260 g/mol. The van der Waals surface area contributed by atoms with E-state index in [4.69, 9.17) is 0 Å².